The summed E-state index contributed by atoms with van der Waals surface area (Å²) in [6.45, 7) is 6.91. The molecule has 0 aliphatic carbocycles. The minimum absolute atomic E-state index is 0.0323. The van der Waals surface area contributed by atoms with Gasteiger partial charge in [-0.1, -0.05) is 25.4 Å². The second kappa shape index (κ2) is 7.69. The lowest BCUT2D eigenvalue weighted by Gasteiger charge is -2.29. The number of hydrazine groups is 1. The summed E-state index contributed by atoms with van der Waals surface area (Å²) in [7, 11) is 0. The van der Waals surface area contributed by atoms with Crippen LogP contribution in [0, 0.1) is 5.92 Å². The highest BCUT2D eigenvalue weighted by atomic mass is 35.5. The molecule has 5 heteroatoms. The van der Waals surface area contributed by atoms with Gasteiger partial charge in [0.25, 0.3) is 0 Å². The van der Waals surface area contributed by atoms with E-state index in [1.807, 2.05) is 13.0 Å². The van der Waals surface area contributed by atoms with Crippen LogP contribution in [-0.2, 0) is 11.2 Å². The molecule has 0 aliphatic rings. The van der Waals surface area contributed by atoms with Crippen molar-refractivity contribution in [1.82, 2.24) is 10.4 Å². The third-order valence-electron chi connectivity index (χ3n) is 2.92. The molecule has 1 aromatic rings. The molecule has 0 spiro atoms. The van der Waals surface area contributed by atoms with Crippen molar-refractivity contribution in [3.63, 3.8) is 0 Å². The van der Waals surface area contributed by atoms with Crippen LogP contribution in [0.4, 0.5) is 0 Å². The zero-order chi connectivity index (χ0) is 13.5. The van der Waals surface area contributed by atoms with Crippen molar-refractivity contribution in [3.8, 4) is 0 Å². The van der Waals surface area contributed by atoms with Crippen molar-refractivity contribution < 1.29 is 4.74 Å². The summed E-state index contributed by atoms with van der Waals surface area (Å²) in [6, 6.07) is 1.94. The van der Waals surface area contributed by atoms with Crippen LogP contribution in [0.3, 0.4) is 0 Å². The minimum atomic E-state index is 0.0323. The lowest BCUT2D eigenvalue weighted by molar-refractivity contribution is 0.00356. The van der Waals surface area contributed by atoms with Crippen molar-refractivity contribution in [3.05, 3.63) is 29.0 Å². The van der Waals surface area contributed by atoms with Crippen LogP contribution in [0.15, 0.2) is 18.5 Å². The highest BCUT2D eigenvalue weighted by molar-refractivity contribution is 6.31. The molecule has 0 saturated heterocycles. The molecule has 0 saturated carbocycles. The van der Waals surface area contributed by atoms with Gasteiger partial charge >= 0.3 is 0 Å². The second-order valence-corrected chi connectivity index (χ2v) is 5.02. The van der Waals surface area contributed by atoms with Gasteiger partial charge in [0.2, 0.25) is 0 Å². The van der Waals surface area contributed by atoms with Gasteiger partial charge < -0.3 is 4.74 Å². The lowest BCUT2D eigenvalue weighted by atomic mass is 9.94. The molecule has 4 nitrogen and oxygen atoms in total. The van der Waals surface area contributed by atoms with E-state index in [0.717, 1.165) is 12.0 Å². The molecule has 0 aromatic carbocycles. The highest BCUT2D eigenvalue weighted by Gasteiger charge is 2.24. The fourth-order valence-electron chi connectivity index (χ4n) is 2.04. The molecule has 18 heavy (non-hydrogen) atoms. The van der Waals surface area contributed by atoms with E-state index in [-0.39, 0.29) is 12.1 Å². The summed E-state index contributed by atoms with van der Waals surface area (Å²) in [5, 5.41) is 0.664. The first-order valence-electron chi connectivity index (χ1n) is 6.26. The fourth-order valence-corrected chi connectivity index (χ4v) is 2.24. The van der Waals surface area contributed by atoms with Gasteiger partial charge in [0.05, 0.1) is 17.2 Å². The summed E-state index contributed by atoms with van der Waals surface area (Å²) in [6.07, 6.45) is 4.17. The Morgan fingerprint density at radius 1 is 1.50 bits per heavy atom. The van der Waals surface area contributed by atoms with Gasteiger partial charge in [-0.25, -0.2) is 0 Å². The van der Waals surface area contributed by atoms with Crippen LogP contribution in [0.2, 0.25) is 5.02 Å². The van der Waals surface area contributed by atoms with Crippen LogP contribution < -0.4 is 11.3 Å². The van der Waals surface area contributed by atoms with Gasteiger partial charge in [-0.15, -0.1) is 0 Å². The normalized spacial score (nSPS) is 14.8. The van der Waals surface area contributed by atoms with Crippen molar-refractivity contribution >= 4 is 11.6 Å². The van der Waals surface area contributed by atoms with Crippen molar-refractivity contribution in [2.45, 2.75) is 39.3 Å². The zero-order valence-corrected chi connectivity index (χ0v) is 11.9. The molecule has 0 aliphatic heterocycles. The molecular formula is C13H22ClN3O. The van der Waals surface area contributed by atoms with Gasteiger partial charge in [0.1, 0.15) is 0 Å². The summed E-state index contributed by atoms with van der Waals surface area (Å²) < 4.78 is 5.77. The molecule has 0 amide bonds. The Balaban J connectivity index is 2.79. The van der Waals surface area contributed by atoms with Crippen LogP contribution in [0.1, 0.15) is 26.3 Å². The Labute approximate surface area is 114 Å². The largest absolute Gasteiger partial charge is 0.377 e. The summed E-state index contributed by atoms with van der Waals surface area (Å²) >= 11 is 6.11. The minimum Gasteiger partial charge on any atom is -0.377 e. The highest BCUT2D eigenvalue weighted by Crippen LogP contribution is 2.19. The number of hydrogen-bond acceptors (Lipinski definition) is 4. The lowest BCUT2D eigenvalue weighted by Crippen LogP contribution is -2.49. The first-order valence-corrected chi connectivity index (χ1v) is 6.64. The van der Waals surface area contributed by atoms with E-state index in [1.54, 1.807) is 12.4 Å². The third kappa shape index (κ3) is 4.21. The smallest absolute Gasteiger partial charge is 0.0767 e. The zero-order valence-electron chi connectivity index (χ0n) is 11.2. The third-order valence-corrected chi connectivity index (χ3v) is 3.26. The van der Waals surface area contributed by atoms with Gasteiger partial charge in [0, 0.05) is 19.0 Å². The molecule has 0 radical (unpaired) electrons. The van der Waals surface area contributed by atoms with E-state index in [1.165, 1.54) is 0 Å². The Bertz CT molecular complexity index is 360. The Kier molecular flexibility index (Phi) is 6.57. The van der Waals surface area contributed by atoms with Gasteiger partial charge in [-0.2, -0.15) is 0 Å². The van der Waals surface area contributed by atoms with E-state index < -0.39 is 0 Å². The van der Waals surface area contributed by atoms with Gasteiger partial charge in [0.15, 0.2) is 0 Å². The molecule has 2 atom stereocenters. The van der Waals surface area contributed by atoms with Crippen LogP contribution >= 0.6 is 11.6 Å². The predicted molar refractivity (Wildman–Crippen MR) is 74.3 cm³/mol. The summed E-state index contributed by atoms with van der Waals surface area (Å²) in [5.74, 6) is 6.03. The van der Waals surface area contributed by atoms with E-state index in [2.05, 4.69) is 24.3 Å². The molecule has 102 valence electrons. The quantitative estimate of drug-likeness (QED) is 0.589. The van der Waals surface area contributed by atoms with Crippen LogP contribution in [0.25, 0.3) is 0 Å². The molecule has 0 bridgehead atoms. The molecule has 3 N–H and O–H groups in total. The van der Waals surface area contributed by atoms with E-state index >= 15 is 0 Å². The average molecular weight is 272 g/mol. The van der Waals surface area contributed by atoms with Crippen LogP contribution in [-0.4, -0.2) is 23.7 Å². The number of hydrogen-bond donors (Lipinski definition) is 2. The van der Waals surface area contributed by atoms with Gasteiger partial charge in [-0.3, -0.25) is 16.3 Å². The topological polar surface area (TPSA) is 60.2 Å². The van der Waals surface area contributed by atoms with Gasteiger partial charge in [-0.05, 0) is 30.9 Å². The maximum absolute atomic E-state index is 6.11. The van der Waals surface area contributed by atoms with E-state index in [0.29, 0.717) is 17.5 Å². The molecule has 1 heterocycles. The molecule has 1 rings (SSSR count). The first kappa shape index (κ1) is 15.4. The maximum Gasteiger partial charge on any atom is 0.0767 e. The fraction of sp³-hybridized carbons (Fsp3) is 0.615. The number of halogens is 1. The van der Waals surface area contributed by atoms with E-state index in [4.69, 9.17) is 22.2 Å². The monoisotopic (exact) mass is 271 g/mol. The number of pyridine rings is 1. The molecular weight excluding hydrogens is 250 g/mol. The number of rotatable bonds is 7. The Hall–Kier alpha value is -0.680. The predicted octanol–water partition coefficient (Wildman–Crippen LogP) is 2.17. The first-order chi connectivity index (χ1) is 8.60. The summed E-state index contributed by atoms with van der Waals surface area (Å²) in [5.41, 5.74) is 3.87. The molecule has 2 unspecified atom stereocenters. The Morgan fingerprint density at radius 3 is 2.72 bits per heavy atom. The number of nitrogens with zero attached hydrogens (tertiary/aromatic N) is 1. The molecule has 0 fully saturated rings. The number of nitrogens with one attached hydrogen (secondary N) is 1. The second-order valence-electron chi connectivity index (χ2n) is 4.61. The summed E-state index contributed by atoms with van der Waals surface area (Å²) in [4.78, 5) is 3.98. The van der Waals surface area contributed by atoms with E-state index in [9.17, 15) is 0 Å². The Morgan fingerprint density at radius 2 is 2.22 bits per heavy atom. The number of ether oxygens (including phenoxy) is 1. The van der Waals surface area contributed by atoms with Crippen molar-refractivity contribution in [2.24, 2.45) is 11.8 Å². The van der Waals surface area contributed by atoms with Crippen molar-refractivity contribution in [2.75, 3.05) is 6.61 Å². The van der Waals surface area contributed by atoms with Crippen molar-refractivity contribution in [1.29, 1.82) is 0 Å². The van der Waals surface area contributed by atoms with Crippen LogP contribution in [0.5, 0.6) is 0 Å². The SMILES string of the molecule is CCOC(C(C)C)C(Cc1ccncc1Cl)NN. The molecule has 1 aromatic heterocycles. The maximum atomic E-state index is 6.11. The standard InChI is InChI=1S/C13H22ClN3O/c1-4-18-13(9(2)3)12(17-15)7-10-5-6-16-8-11(10)14/h5-6,8-9,12-13,17H,4,7,15H2,1-3H3. The number of aromatic nitrogens is 1. The average Bonchev–Trinajstić information content (AvgIpc) is 2.35. The number of nitrogens with two attached hydrogens (primary N) is 1.